The van der Waals surface area contributed by atoms with E-state index in [0.717, 1.165) is 30.2 Å². The molecule has 25 heavy (non-hydrogen) atoms. The largest absolute Gasteiger partial charge is 0.341 e. The summed E-state index contributed by atoms with van der Waals surface area (Å²) >= 11 is 0. The van der Waals surface area contributed by atoms with Crippen LogP contribution in [0.5, 0.6) is 0 Å². The molecule has 2 amide bonds. The molecule has 4 nitrogen and oxygen atoms in total. The quantitative estimate of drug-likeness (QED) is 0.815. The summed E-state index contributed by atoms with van der Waals surface area (Å²) in [7, 11) is 0. The minimum atomic E-state index is -0.537. The molecule has 0 bridgehead atoms. The molecule has 6 heteroatoms. The lowest BCUT2D eigenvalue weighted by Crippen LogP contribution is -2.48. The first kappa shape index (κ1) is 15.7. The molecular weight excluding hydrogens is 324 g/mol. The second kappa shape index (κ2) is 6.27. The summed E-state index contributed by atoms with van der Waals surface area (Å²) in [6.07, 6.45) is 1.33. The highest BCUT2D eigenvalue weighted by molar-refractivity contribution is 6.03. The summed E-state index contributed by atoms with van der Waals surface area (Å²) in [5.41, 5.74) is 1.42. The van der Waals surface area contributed by atoms with Crippen LogP contribution in [0.4, 0.5) is 13.6 Å². The second-order valence-electron chi connectivity index (χ2n) is 6.27. The Balaban J connectivity index is 1.71. The Hall–Kier alpha value is -2.76. The zero-order chi connectivity index (χ0) is 17.4. The summed E-state index contributed by atoms with van der Waals surface area (Å²) in [6, 6.07) is 12.3. The first-order chi connectivity index (χ1) is 12.1. The van der Waals surface area contributed by atoms with Crippen molar-refractivity contribution in [3.8, 4) is 0 Å². The Morgan fingerprint density at radius 3 is 2.52 bits per heavy atom. The number of nitrogens with zero attached hydrogens (tertiary/aromatic N) is 3. The molecule has 128 valence electrons. The van der Waals surface area contributed by atoms with Gasteiger partial charge < -0.3 is 4.90 Å². The van der Waals surface area contributed by atoms with Gasteiger partial charge in [-0.3, -0.25) is 0 Å². The van der Waals surface area contributed by atoms with Crippen molar-refractivity contribution in [2.75, 3.05) is 13.1 Å². The van der Waals surface area contributed by atoms with Crippen molar-refractivity contribution in [3.63, 3.8) is 0 Å². The number of carbonyl (C=O) groups excluding carboxylic acids is 1. The van der Waals surface area contributed by atoms with Crippen LogP contribution in [0.25, 0.3) is 0 Å². The number of benzene rings is 2. The van der Waals surface area contributed by atoms with Gasteiger partial charge in [0.2, 0.25) is 0 Å². The van der Waals surface area contributed by atoms with E-state index in [0.29, 0.717) is 25.2 Å². The van der Waals surface area contributed by atoms with Gasteiger partial charge in [-0.05, 0) is 30.2 Å². The highest BCUT2D eigenvalue weighted by Crippen LogP contribution is 2.34. The molecule has 1 atom stereocenters. The molecule has 2 aliphatic rings. The third kappa shape index (κ3) is 2.88. The number of amides is 2. The Labute approximate surface area is 144 Å². The molecule has 0 spiro atoms. The van der Waals surface area contributed by atoms with Crippen LogP contribution in [0.3, 0.4) is 0 Å². The maximum atomic E-state index is 14.2. The predicted octanol–water partition coefficient (Wildman–Crippen LogP) is 3.94. The van der Waals surface area contributed by atoms with E-state index in [-0.39, 0.29) is 17.6 Å². The van der Waals surface area contributed by atoms with Gasteiger partial charge >= 0.3 is 6.03 Å². The molecule has 1 unspecified atom stereocenters. The molecule has 0 radical (unpaired) electrons. The Morgan fingerprint density at radius 2 is 1.84 bits per heavy atom. The van der Waals surface area contributed by atoms with E-state index in [4.69, 9.17) is 0 Å². The number of hydrogen-bond acceptors (Lipinski definition) is 2. The fraction of sp³-hybridized carbons (Fsp3) is 0.263. The first-order valence-corrected chi connectivity index (χ1v) is 8.29. The standard InChI is InChI=1S/C19H17F2N3O/c20-14-7-8-16(21)15(11-14)17-12-18(13-5-2-1-3-6-13)24(22-17)19(25)23-9-4-10-23/h1-3,5-8,11,18H,4,9-10,12H2. The molecule has 1 saturated heterocycles. The predicted molar refractivity (Wildman–Crippen MR) is 90.1 cm³/mol. The number of carbonyl (C=O) groups is 1. The maximum absolute atomic E-state index is 14.2. The van der Waals surface area contributed by atoms with E-state index in [2.05, 4.69) is 5.10 Å². The highest BCUT2D eigenvalue weighted by Gasteiger charge is 2.37. The van der Waals surface area contributed by atoms with Crippen molar-refractivity contribution >= 4 is 11.7 Å². The summed E-state index contributed by atoms with van der Waals surface area (Å²) in [5, 5.41) is 5.78. The van der Waals surface area contributed by atoms with Gasteiger partial charge in [-0.2, -0.15) is 5.10 Å². The van der Waals surface area contributed by atoms with Gasteiger partial charge in [-0.15, -0.1) is 0 Å². The average molecular weight is 341 g/mol. The van der Waals surface area contributed by atoms with Crippen LogP contribution in [0.1, 0.15) is 30.0 Å². The minimum Gasteiger partial charge on any atom is -0.323 e. The highest BCUT2D eigenvalue weighted by atomic mass is 19.1. The van der Waals surface area contributed by atoms with E-state index < -0.39 is 11.6 Å². The van der Waals surface area contributed by atoms with Crippen LogP contribution in [-0.2, 0) is 0 Å². The summed E-state index contributed by atoms with van der Waals surface area (Å²) in [6.45, 7) is 1.41. The van der Waals surface area contributed by atoms with Crippen molar-refractivity contribution in [3.05, 3.63) is 71.3 Å². The van der Waals surface area contributed by atoms with Crippen molar-refractivity contribution in [1.82, 2.24) is 9.91 Å². The van der Waals surface area contributed by atoms with E-state index in [1.54, 1.807) is 4.90 Å². The van der Waals surface area contributed by atoms with Gasteiger partial charge in [-0.1, -0.05) is 30.3 Å². The van der Waals surface area contributed by atoms with E-state index >= 15 is 0 Å². The number of likely N-dealkylation sites (tertiary alicyclic amines) is 1. The van der Waals surface area contributed by atoms with Gasteiger partial charge in [0.25, 0.3) is 0 Å². The Kier molecular flexibility index (Phi) is 3.95. The van der Waals surface area contributed by atoms with Crippen molar-refractivity contribution in [2.45, 2.75) is 18.9 Å². The molecule has 2 aromatic rings. The third-order valence-corrected chi connectivity index (χ3v) is 4.66. The molecule has 4 rings (SSSR count). The average Bonchev–Trinajstić information content (AvgIpc) is 3.01. The fourth-order valence-electron chi connectivity index (χ4n) is 3.16. The number of hydrogen-bond donors (Lipinski definition) is 0. The normalized spacial score (nSPS) is 19.6. The molecule has 0 aromatic heterocycles. The SMILES string of the molecule is O=C(N1CCC1)N1N=C(c2cc(F)ccc2F)CC1c1ccccc1. The maximum Gasteiger partial charge on any atom is 0.341 e. The monoisotopic (exact) mass is 341 g/mol. The first-order valence-electron chi connectivity index (χ1n) is 8.29. The number of rotatable bonds is 2. The van der Waals surface area contributed by atoms with Gasteiger partial charge in [-0.25, -0.2) is 18.6 Å². The third-order valence-electron chi connectivity index (χ3n) is 4.66. The topological polar surface area (TPSA) is 35.9 Å². The zero-order valence-corrected chi connectivity index (χ0v) is 13.5. The van der Waals surface area contributed by atoms with Crippen LogP contribution in [0.15, 0.2) is 53.6 Å². The second-order valence-corrected chi connectivity index (χ2v) is 6.27. The smallest absolute Gasteiger partial charge is 0.323 e. The van der Waals surface area contributed by atoms with Crippen molar-refractivity contribution < 1.29 is 13.6 Å². The summed E-state index contributed by atoms with van der Waals surface area (Å²) < 4.78 is 27.7. The van der Waals surface area contributed by atoms with E-state index in [1.165, 1.54) is 5.01 Å². The molecule has 1 fully saturated rings. The lowest BCUT2D eigenvalue weighted by atomic mass is 9.98. The van der Waals surface area contributed by atoms with Crippen LogP contribution in [0, 0.1) is 11.6 Å². The summed E-state index contributed by atoms with van der Waals surface area (Å²) in [4.78, 5) is 14.4. The lowest BCUT2D eigenvalue weighted by Gasteiger charge is -2.35. The number of urea groups is 1. The van der Waals surface area contributed by atoms with Crippen LogP contribution >= 0.6 is 0 Å². The van der Waals surface area contributed by atoms with Crippen molar-refractivity contribution in [1.29, 1.82) is 0 Å². The van der Waals surface area contributed by atoms with Crippen molar-refractivity contribution in [2.24, 2.45) is 5.10 Å². The molecule has 2 aromatic carbocycles. The van der Waals surface area contributed by atoms with Crippen LogP contribution in [-0.4, -0.2) is 34.7 Å². The molecule has 0 aliphatic carbocycles. The molecule has 2 heterocycles. The number of hydrazone groups is 1. The van der Waals surface area contributed by atoms with Crippen LogP contribution < -0.4 is 0 Å². The van der Waals surface area contributed by atoms with Crippen LogP contribution in [0.2, 0.25) is 0 Å². The molecule has 0 N–H and O–H groups in total. The zero-order valence-electron chi connectivity index (χ0n) is 13.5. The van der Waals surface area contributed by atoms with Gasteiger partial charge in [0.1, 0.15) is 11.6 Å². The fourth-order valence-corrected chi connectivity index (χ4v) is 3.16. The molecular formula is C19H17F2N3O. The summed E-state index contributed by atoms with van der Waals surface area (Å²) in [5.74, 6) is -1.06. The van der Waals surface area contributed by atoms with E-state index in [1.807, 2.05) is 30.3 Å². The minimum absolute atomic E-state index is 0.111. The van der Waals surface area contributed by atoms with Gasteiger partial charge in [0.05, 0.1) is 11.8 Å². The molecule has 0 saturated carbocycles. The Morgan fingerprint density at radius 1 is 1.08 bits per heavy atom. The number of halogens is 2. The Bertz CT molecular complexity index is 834. The van der Waals surface area contributed by atoms with E-state index in [9.17, 15) is 13.6 Å². The van der Waals surface area contributed by atoms with Gasteiger partial charge in [0, 0.05) is 25.1 Å². The van der Waals surface area contributed by atoms with Gasteiger partial charge in [0.15, 0.2) is 0 Å². The lowest BCUT2D eigenvalue weighted by molar-refractivity contribution is 0.117. The molecule has 2 aliphatic heterocycles.